The Labute approximate surface area is 145 Å². The van der Waals surface area contributed by atoms with Gasteiger partial charge in [-0.05, 0) is 55.4 Å². The summed E-state index contributed by atoms with van der Waals surface area (Å²) in [6, 6.07) is 0. The van der Waals surface area contributed by atoms with Crippen molar-refractivity contribution in [2.45, 2.75) is 51.1 Å². The minimum Gasteiger partial charge on any atom is -0.390 e. The van der Waals surface area contributed by atoms with Crippen LogP contribution in [0, 0.1) is 23.2 Å². The zero-order valence-electron chi connectivity index (χ0n) is 14.3. The predicted molar refractivity (Wildman–Crippen MR) is 88.2 cm³/mol. The summed E-state index contributed by atoms with van der Waals surface area (Å²) < 4.78 is 31.1. The molecular weight excluding hydrogens is 326 g/mol. The Morgan fingerprint density at radius 2 is 2.08 bits per heavy atom. The highest BCUT2D eigenvalue weighted by molar-refractivity contribution is 6.01. The first-order valence-electron chi connectivity index (χ1n) is 8.86. The van der Waals surface area contributed by atoms with Crippen molar-refractivity contribution in [1.29, 1.82) is 0 Å². The SMILES string of the molecule is CC(=O)C1=CCC2C3C[C@H](F)C4=CC(=O)C=CC4[C@@]3(F)[C@@H](O)C[C@]12C. The number of allylic oxidation sites excluding steroid dienone is 6. The second kappa shape index (κ2) is 5.19. The zero-order chi connectivity index (χ0) is 18.1. The molecule has 3 nitrogen and oxygen atoms in total. The minimum atomic E-state index is -2.00. The second-order valence-electron chi connectivity index (χ2n) is 8.17. The van der Waals surface area contributed by atoms with E-state index in [4.69, 9.17) is 0 Å². The van der Waals surface area contributed by atoms with Crippen molar-refractivity contribution >= 4 is 11.6 Å². The third-order valence-corrected chi connectivity index (χ3v) is 6.99. The van der Waals surface area contributed by atoms with Gasteiger partial charge in [0.15, 0.2) is 11.6 Å². The number of carbonyl (C=O) groups is 2. The van der Waals surface area contributed by atoms with Crippen molar-refractivity contribution in [1.82, 2.24) is 0 Å². The van der Waals surface area contributed by atoms with Gasteiger partial charge in [0.25, 0.3) is 0 Å². The highest BCUT2D eigenvalue weighted by Crippen LogP contribution is 2.64. The molecule has 5 heteroatoms. The molecule has 134 valence electrons. The Bertz CT molecular complexity index is 752. The van der Waals surface area contributed by atoms with Crippen LogP contribution in [-0.4, -0.2) is 34.6 Å². The maximum atomic E-state index is 16.3. The van der Waals surface area contributed by atoms with Gasteiger partial charge < -0.3 is 5.11 Å². The van der Waals surface area contributed by atoms with E-state index in [1.165, 1.54) is 25.2 Å². The molecule has 0 spiro atoms. The third kappa shape index (κ3) is 2.05. The number of aliphatic hydroxyl groups is 1. The molecule has 2 fully saturated rings. The van der Waals surface area contributed by atoms with E-state index in [0.717, 1.165) is 0 Å². The van der Waals surface area contributed by atoms with Gasteiger partial charge in [-0.15, -0.1) is 0 Å². The number of ketones is 2. The van der Waals surface area contributed by atoms with Gasteiger partial charge in [-0.1, -0.05) is 19.1 Å². The Morgan fingerprint density at radius 3 is 2.76 bits per heavy atom. The molecule has 4 aliphatic rings. The van der Waals surface area contributed by atoms with E-state index in [9.17, 15) is 19.1 Å². The predicted octanol–water partition coefficient (Wildman–Crippen LogP) is 3.04. The van der Waals surface area contributed by atoms with Crippen molar-refractivity contribution in [3.8, 4) is 0 Å². The number of fused-ring (bicyclic) bond motifs is 5. The van der Waals surface area contributed by atoms with E-state index >= 15 is 4.39 Å². The molecule has 3 unspecified atom stereocenters. The summed E-state index contributed by atoms with van der Waals surface area (Å²) in [6.45, 7) is 3.37. The van der Waals surface area contributed by atoms with E-state index in [1.54, 1.807) is 0 Å². The first-order valence-corrected chi connectivity index (χ1v) is 8.86. The molecule has 0 aliphatic heterocycles. The van der Waals surface area contributed by atoms with E-state index in [0.29, 0.717) is 12.0 Å². The molecule has 0 bridgehead atoms. The molecule has 2 saturated carbocycles. The lowest BCUT2D eigenvalue weighted by Gasteiger charge is -2.58. The molecule has 4 aliphatic carbocycles. The maximum Gasteiger partial charge on any atom is 0.178 e. The molecule has 0 saturated heterocycles. The summed E-state index contributed by atoms with van der Waals surface area (Å²) >= 11 is 0. The summed E-state index contributed by atoms with van der Waals surface area (Å²) in [5, 5.41) is 10.8. The van der Waals surface area contributed by atoms with Crippen molar-refractivity contribution in [2.75, 3.05) is 0 Å². The normalized spacial score (nSPS) is 48.2. The number of Topliss-reactive ketones (excluding diaryl/α,β-unsaturated/α-hetero) is 1. The van der Waals surface area contributed by atoms with Gasteiger partial charge in [-0.3, -0.25) is 9.59 Å². The summed E-state index contributed by atoms with van der Waals surface area (Å²) in [7, 11) is 0. The molecule has 0 aromatic carbocycles. The standard InChI is InChI=1S/C20H22F2O3/c1-10(23)13-5-6-15-16-8-17(21)12-7-11(24)3-4-14(12)20(16,22)18(25)9-19(13,15)2/h3-5,7,14-18,25H,6,8-9H2,1-2H3/t14?,15?,16?,17-,18-,19+,20-/m0/s1. The van der Waals surface area contributed by atoms with Gasteiger partial charge in [-0.2, -0.15) is 0 Å². The fraction of sp³-hybridized carbons (Fsp3) is 0.600. The maximum absolute atomic E-state index is 16.3. The highest BCUT2D eigenvalue weighted by atomic mass is 19.1. The fourth-order valence-electron chi connectivity index (χ4n) is 5.90. The van der Waals surface area contributed by atoms with Gasteiger partial charge in [0.1, 0.15) is 11.8 Å². The average molecular weight is 348 g/mol. The first kappa shape index (κ1) is 16.8. The third-order valence-electron chi connectivity index (χ3n) is 6.99. The molecule has 1 N–H and O–H groups in total. The van der Waals surface area contributed by atoms with E-state index in [1.807, 2.05) is 13.0 Å². The van der Waals surface area contributed by atoms with Crippen LogP contribution in [0.25, 0.3) is 0 Å². The van der Waals surface area contributed by atoms with Gasteiger partial charge in [0.2, 0.25) is 0 Å². The molecular formula is C20H22F2O3. The fourth-order valence-corrected chi connectivity index (χ4v) is 5.90. The lowest BCUT2D eigenvalue weighted by Crippen LogP contribution is -2.64. The molecule has 0 aromatic rings. The van der Waals surface area contributed by atoms with Gasteiger partial charge >= 0.3 is 0 Å². The minimum absolute atomic E-state index is 0.0592. The van der Waals surface area contributed by atoms with Crippen LogP contribution in [-0.2, 0) is 9.59 Å². The number of carbonyl (C=O) groups excluding carboxylic acids is 2. The lowest BCUT2D eigenvalue weighted by molar-refractivity contribution is -0.169. The van der Waals surface area contributed by atoms with E-state index < -0.39 is 35.2 Å². The van der Waals surface area contributed by atoms with E-state index in [2.05, 4.69) is 0 Å². The molecule has 25 heavy (non-hydrogen) atoms. The van der Waals surface area contributed by atoms with E-state index in [-0.39, 0.29) is 35.9 Å². The van der Waals surface area contributed by atoms with Crippen LogP contribution in [0.3, 0.4) is 0 Å². The number of hydrogen-bond donors (Lipinski definition) is 1. The highest BCUT2D eigenvalue weighted by Gasteiger charge is 2.67. The zero-order valence-corrected chi connectivity index (χ0v) is 14.3. The second-order valence-corrected chi connectivity index (χ2v) is 8.17. The molecule has 4 rings (SSSR count). The van der Waals surface area contributed by atoms with Crippen LogP contribution < -0.4 is 0 Å². The Hall–Kier alpha value is -1.62. The average Bonchev–Trinajstić information content (AvgIpc) is 2.87. The molecule has 7 atom stereocenters. The first-order chi connectivity index (χ1) is 11.7. The van der Waals surface area contributed by atoms with Crippen LogP contribution in [0.5, 0.6) is 0 Å². The largest absolute Gasteiger partial charge is 0.390 e. The topological polar surface area (TPSA) is 54.4 Å². The summed E-state index contributed by atoms with van der Waals surface area (Å²) in [6.07, 6.45) is 3.59. The molecule has 0 aromatic heterocycles. The van der Waals surface area contributed by atoms with Gasteiger partial charge in [0.05, 0.1) is 6.10 Å². The van der Waals surface area contributed by atoms with Crippen molar-refractivity contribution in [3.05, 3.63) is 35.5 Å². The number of rotatable bonds is 1. The van der Waals surface area contributed by atoms with Crippen LogP contribution in [0.4, 0.5) is 8.78 Å². The number of aliphatic hydroxyl groups excluding tert-OH is 1. The summed E-state index contributed by atoms with van der Waals surface area (Å²) in [4.78, 5) is 23.6. The van der Waals surface area contributed by atoms with Crippen LogP contribution >= 0.6 is 0 Å². The number of halogens is 2. The van der Waals surface area contributed by atoms with Crippen molar-refractivity contribution in [3.63, 3.8) is 0 Å². The van der Waals surface area contributed by atoms with Gasteiger partial charge in [-0.25, -0.2) is 8.78 Å². The molecule has 0 radical (unpaired) electrons. The van der Waals surface area contributed by atoms with Crippen molar-refractivity contribution < 1.29 is 23.5 Å². The molecule has 0 amide bonds. The summed E-state index contributed by atoms with van der Waals surface area (Å²) in [5.74, 6) is -2.23. The van der Waals surface area contributed by atoms with Crippen molar-refractivity contribution in [2.24, 2.45) is 23.2 Å². The Morgan fingerprint density at radius 1 is 1.36 bits per heavy atom. The Balaban J connectivity index is 1.79. The van der Waals surface area contributed by atoms with Gasteiger partial charge in [0, 0.05) is 17.3 Å². The lowest BCUT2D eigenvalue weighted by atomic mass is 9.49. The monoisotopic (exact) mass is 348 g/mol. The quantitative estimate of drug-likeness (QED) is 0.792. The Kier molecular flexibility index (Phi) is 3.50. The summed E-state index contributed by atoms with van der Waals surface area (Å²) in [5.41, 5.74) is -1.85. The number of alkyl halides is 2. The van der Waals surface area contributed by atoms with Crippen LogP contribution in [0.15, 0.2) is 35.5 Å². The molecule has 0 heterocycles. The van der Waals surface area contributed by atoms with Crippen LogP contribution in [0.1, 0.15) is 33.1 Å². The van der Waals surface area contributed by atoms with Crippen LogP contribution in [0.2, 0.25) is 0 Å². The smallest absolute Gasteiger partial charge is 0.178 e. The number of hydrogen-bond acceptors (Lipinski definition) is 3.